The van der Waals surface area contributed by atoms with Crippen LogP contribution in [0.5, 0.6) is 0 Å². The predicted molar refractivity (Wildman–Crippen MR) is 97.1 cm³/mol. The molecule has 0 aliphatic carbocycles. The summed E-state index contributed by atoms with van der Waals surface area (Å²) in [4.78, 5) is 19.7. The van der Waals surface area contributed by atoms with Gasteiger partial charge in [-0.25, -0.2) is 0 Å². The van der Waals surface area contributed by atoms with Crippen molar-refractivity contribution in [2.75, 3.05) is 0 Å². The summed E-state index contributed by atoms with van der Waals surface area (Å²) in [6.45, 7) is 10.0. The molecule has 0 heterocycles. The summed E-state index contributed by atoms with van der Waals surface area (Å²) in [5, 5.41) is 0. The zero-order valence-corrected chi connectivity index (χ0v) is 17.7. The third kappa shape index (κ3) is 8.12. The van der Waals surface area contributed by atoms with Gasteiger partial charge in [-0.15, -0.1) is 24.3 Å². The second kappa shape index (κ2) is 14.5. The van der Waals surface area contributed by atoms with Gasteiger partial charge in [-0.1, -0.05) is 36.4 Å². The molecule has 0 unspecified atom stereocenters. The normalized spacial score (nSPS) is 8.00. The van der Waals surface area contributed by atoms with Crippen molar-refractivity contribution >= 4 is 38.9 Å². The molecule has 0 amide bonds. The van der Waals surface area contributed by atoms with Crippen molar-refractivity contribution in [1.29, 1.82) is 0 Å². The van der Waals surface area contributed by atoms with Crippen LogP contribution in [-0.4, -0.2) is 48.5 Å². The third-order valence-corrected chi connectivity index (χ3v) is 2.41. The van der Waals surface area contributed by atoms with E-state index in [1.54, 1.807) is 38.1 Å². The largest absolute Gasteiger partial charge is 3.00 e. The van der Waals surface area contributed by atoms with Crippen molar-refractivity contribution in [1.82, 2.24) is 0 Å². The summed E-state index contributed by atoms with van der Waals surface area (Å²) >= 11 is 0. The summed E-state index contributed by atoms with van der Waals surface area (Å²) in [5.41, 5.74) is 1.35. The van der Waals surface area contributed by atoms with Gasteiger partial charge in [0.05, 0.1) is 0 Å². The molecule has 0 fully saturated rings. The SMILES string of the molecule is [CH2-]C.[CH2-]C.[OH+]=C([CH-]C(=[OH+])c1ccccc1)c1ccccc1.[Tl+3]. The fourth-order valence-corrected chi connectivity index (χ4v) is 1.51. The van der Waals surface area contributed by atoms with Gasteiger partial charge < -0.3 is 23.4 Å². The van der Waals surface area contributed by atoms with E-state index < -0.39 is 0 Å². The maximum Gasteiger partial charge on any atom is 3.00 e. The van der Waals surface area contributed by atoms with Crippen molar-refractivity contribution in [2.45, 2.75) is 13.8 Å². The van der Waals surface area contributed by atoms with E-state index in [2.05, 4.69) is 13.8 Å². The molecule has 2 N–H and O–H groups in total. The molecular weight excluding hydrogens is 465 g/mol. The Morgan fingerprint density at radius 1 is 0.682 bits per heavy atom. The molecule has 22 heavy (non-hydrogen) atoms. The summed E-state index contributed by atoms with van der Waals surface area (Å²) in [6, 6.07) is 18.2. The molecule has 0 aromatic heterocycles. The second-order valence-corrected chi connectivity index (χ2v) is 3.65. The molecular formula is C19H23O2Tl+2. The number of hydrogen-bond donors (Lipinski definition) is 0. The van der Waals surface area contributed by atoms with E-state index in [9.17, 15) is 9.59 Å². The number of hydrogen-bond acceptors (Lipinski definition) is 0. The fourth-order valence-electron chi connectivity index (χ4n) is 1.51. The molecule has 112 valence electrons. The van der Waals surface area contributed by atoms with Crippen LogP contribution in [0.2, 0.25) is 0 Å². The van der Waals surface area contributed by atoms with Crippen molar-refractivity contribution in [2.24, 2.45) is 0 Å². The summed E-state index contributed by atoms with van der Waals surface area (Å²) in [7, 11) is 0. The van der Waals surface area contributed by atoms with E-state index >= 15 is 0 Å². The number of ketones is 2. The average molecular weight is 488 g/mol. The van der Waals surface area contributed by atoms with Gasteiger partial charge in [0.1, 0.15) is 0 Å². The van der Waals surface area contributed by atoms with Gasteiger partial charge in [0.25, 0.3) is 11.6 Å². The first-order valence-electron chi connectivity index (χ1n) is 6.76. The summed E-state index contributed by atoms with van der Waals surface area (Å²) < 4.78 is 0. The molecule has 0 atom stereocenters. The molecule has 0 bridgehead atoms. The Morgan fingerprint density at radius 2 is 0.955 bits per heavy atom. The van der Waals surface area contributed by atoms with Gasteiger partial charge in [0.15, 0.2) is 0 Å². The Bertz CT molecular complexity index is 472. The van der Waals surface area contributed by atoms with Crippen LogP contribution in [0.15, 0.2) is 60.7 Å². The van der Waals surface area contributed by atoms with Crippen LogP contribution in [-0.2, 0) is 0 Å². The zero-order valence-electron chi connectivity index (χ0n) is 13.2. The van der Waals surface area contributed by atoms with Gasteiger partial charge >= 0.3 is 27.3 Å². The topological polar surface area (TPSA) is 42.8 Å². The van der Waals surface area contributed by atoms with Crippen LogP contribution in [0.4, 0.5) is 0 Å². The van der Waals surface area contributed by atoms with Crippen LogP contribution in [0.1, 0.15) is 25.0 Å². The Morgan fingerprint density at radius 3 is 1.23 bits per heavy atom. The smallest absolute Gasteiger partial charge is 0.346 e. The average Bonchev–Trinajstić information content (AvgIpc) is 2.60. The van der Waals surface area contributed by atoms with E-state index in [-0.39, 0.29) is 38.9 Å². The maximum absolute atomic E-state index is 9.83. The van der Waals surface area contributed by atoms with E-state index in [0.29, 0.717) is 11.1 Å². The van der Waals surface area contributed by atoms with Crippen molar-refractivity contribution < 1.29 is 9.59 Å². The maximum atomic E-state index is 9.83. The first-order valence-corrected chi connectivity index (χ1v) is 6.76. The van der Waals surface area contributed by atoms with Crippen LogP contribution >= 0.6 is 0 Å². The molecule has 2 aromatic rings. The molecule has 2 rings (SSSR count). The van der Waals surface area contributed by atoms with Crippen LogP contribution in [0.3, 0.4) is 0 Å². The van der Waals surface area contributed by atoms with Crippen LogP contribution in [0, 0.1) is 20.3 Å². The van der Waals surface area contributed by atoms with Crippen molar-refractivity contribution in [3.05, 3.63) is 92.1 Å². The number of carbonyl (C=O) groups excluding carboxylic acids is 2. The van der Waals surface area contributed by atoms with Crippen LogP contribution < -0.4 is 0 Å². The molecule has 0 spiro atoms. The van der Waals surface area contributed by atoms with Gasteiger partial charge in [-0.3, -0.25) is 0 Å². The minimum atomic E-state index is 0. The Hall–Kier alpha value is -1.43. The number of rotatable bonds is 4. The minimum absolute atomic E-state index is 0. The molecule has 3 heteroatoms. The summed E-state index contributed by atoms with van der Waals surface area (Å²) in [5.74, 6) is 0.0962. The van der Waals surface area contributed by atoms with Gasteiger partial charge in [0.2, 0.25) is 0 Å². The molecule has 0 aliphatic rings. The Kier molecular flexibility index (Phi) is 15.1. The zero-order chi connectivity index (χ0) is 16.1. The van der Waals surface area contributed by atoms with Gasteiger partial charge in [0, 0.05) is 6.42 Å². The minimum Gasteiger partial charge on any atom is -0.346 e. The standard InChI is InChI=1S/C15H11O2.2C2H5.Tl/c16-14(12-7-3-1-4-8-12)11-15(17)13-9-5-2-6-10-13;2*1-2;/h1-11H;2*1H2,2H3;/q3*-1;+3/p+2. The van der Waals surface area contributed by atoms with Crippen molar-refractivity contribution in [3.8, 4) is 0 Å². The molecule has 0 radical (unpaired) electrons. The van der Waals surface area contributed by atoms with Crippen molar-refractivity contribution in [3.63, 3.8) is 0 Å². The van der Waals surface area contributed by atoms with Crippen LogP contribution in [0.25, 0.3) is 0 Å². The number of benzene rings is 2. The van der Waals surface area contributed by atoms with E-state index in [1.807, 2.05) is 36.4 Å². The second-order valence-electron chi connectivity index (χ2n) is 3.65. The molecule has 0 aliphatic heterocycles. The molecule has 0 saturated heterocycles. The monoisotopic (exact) mass is 488 g/mol. The van der Waals surface area contributed by atoms with E-state index in [1.165, 1.54) is 6.42 Å². The van der Waals surface area contributed by atoms with Gasteiger partial charge in [-0.05, 0) is 11.1 Å². The predicted octanol–water partition coefficient (Wildman–Crippen LogP) is 3.68. The molecule has 2 aromatic carbocycles. The third-order valence-electron chi connectivity index (χ3n) is 2.41. The molecule has 0 saturated carbocycles. The van der Waals surface area contributed by atoms with E-state index in [4.69, 9.17) is 0 Å². The molecule has 2 nitrogen and oxygen atoms in total. The summed E-state index contributed by atoms with van der Waals surface area (Å²) in [6.07, 6.45) is 1.35. The van der Waals surface area contributed by atoms with E-state index in [0.717, 1.165) is 0 Å². The first-order chi connectivity index (χ1) is 10.3. The van der Waals surface area contributed by atoms with Gasteiger partial charge in [-0.2, -0.15) is 13.8 Å². The fraction of sp³-hybridized carbons (Fsp3) is 0.105. The Labute approximate surface area is 154 Å². The Balaban J connectivity index is 0. The first kappa shape index (κ1) is 22.8. The quantitative estimate of drug-likeness (QED) is 0.208.